The molecule has 0 spiro atoms. The van der Waals surface area contributed by atoms with E-state index in [0.29, 0.717) is 32.8 Å². The van der Waals surface area contributed by atoms with Gasteiger partial charge in [-0.05, 0) is 38.2 Å². The zero-order valence-electron chi connectivity index (χ0n) is 16.2. The number of benzene rings is 1. The van der Waals surface area contributed by atoms with Crippen LogP contribution >= 0.6 is 0 Å². The normalized spacial score (nSPS) is 18.4. The number of anilines is 2. The minimum atomic E-state index is -0.308. The fourth-order valence-electron chi connectivity index (χ4n) is 3.33. The first kappa shape index (κ1) is 19.3. The number of amides is 3. The molecular weight excluding hydrogens is 346 g/mol. The van der Waals surface area contributed by atoms with E-state index in [2.05, 4.69) is 34.3 Å². The highest BCUT2D eigenvalue weighted by molar-refractivity contribution is 5.89. The van der Waals surface area contributed by atoms with E-state index in [1.807, 2.05) is 12.1 Å². The summed E-state index contributed by atoms with van der Waals surface area (Å²) in [4.78, 5) is 32.2. The Kier molecular flexibility index (Phi) is 6.39. The maximum atomic E-state index is 12.5. The van der Waals surface area contributed by atoms with Gasteiger partial charge < -0.3 is 29.7 Å². The van der Waals surface area contributed by atoms with Crippen LogP contribution < -0.4 is 10.2 Å². The van der Waals surface area contributed by atoms with Crippen LogP contribution in [0, 0.1) is 0 Å². The summed E-state index contributed by atoms with van der Waals surface area (Å²) in [5, 5.41) is 2.94. The Morgan fingerprint density at radius 1 is 0.926 bits per heavy atom. The van der Waals surface area contributed by atoms with Crippen molar-refractivity contribution in [2.24, 2.45) is 0 Å². The molecule has 2 fully saturated rings. The Bertz CT molecular complexity index is 635. The molecule has 0 unspecified atom stereocenters. The molecule has 148 valence electrons. The number of carbonyl (C=O) groups excluding carboxylic acids is 2. The minimum Gasteiger partial charge on any atom is -0.450 e. The number of nitrogens with one attached hydrogen (secondary N) is 1. The number of likely N-dealkylation sites (N-methyl/N-ethyl adjacent to an activating group) is 1. The second-order valence-corrected chi connectivity index (χ2v) is 6.94. The molecule has 2 aliphatic rings. The molecule has 0 saturated carbocycles. The van der Waals surface area contributed by atoms with Crippen LogP contribution in [0.15, 0.2) is 24.3 Å². The number of ether oxygens (including phenoxy) is 1. The first-order chi connectivity index (χ1) is 13.1. The summed E-state index contributed by atoms with van der Waals surface area (Å²) >= 11 is 0. The van der Waals surface area contributed by atoms with Gasteiger partial charge in [0, 0.05) is 63.7 Å². The number of rotatable bonds is 3. The molecule has 0 aliphatic carbocycles. The second kappa shape index (κ2) is 8.94. The molecule has 2 heterocycles. The van der Waals surface area contributed by atoms with Gasteiger partial charge in [-0.25, -0.2) is 9.59 Å². The van der Waals surface area contributed by atoms with E-state index in [9.17, 15) is 9.59 Å². The van der Waals surface area contributed by atoms with Gasteiger partial charge in [-0.1, -0.05) is 0 Å². The predicted octanol–water partition coefficient (Wildman–Crippen LogP) is 1.74. The average molecular weight is 375 g/mol. The van der Waals surface area contributed by atoms with Gasteiger partial charge in [0.05, 0.1) is 6.61 Å². The molecule has 2 aliphatic heterocycles. The van der Waals surface area contributed by atoms with Gasteiger partial charge in [0.1, 0.15) is 0 Å². The predicted molar refractivity (Wildman–Crippen MR) is 105 cm³/mol. The van der Waals surface area contributed by atoms with Gasteiger partial charge in [0.15, 0.2) is 0 Å². The largest absolute Gasteiger partial charge is 0.450 e. The maximum Gasteiger partial charge on any atom is 0.409 e. The lowest BCUT2D eigenvalue weighted by atomic mass is 10.2. The van der Waals surface area contributed by atoms with Gasteiger partial charge in [-0.15, -0.1) is 0 Å². The van der Waals surface area contributed by atoms with Crippen LogP contribution in [0.25, 0.3) is 0 Å². The first-order valence-corrected chi connectivity index (χ1v) is 9.58. The molecule has 0 atom stereocenters. The summed E-state index contributed by atoms with van der Waals surface area (Å²) in [5.41, 5.74) is 1.97. The highest BCUT2D eigenvalue weighted by Crippen LogP contribution is 2.19. The summed E-state index contributed by atoms with van der Waals surface area (Å²) in [6.07, 6.45) is -0.308. The van der Waals surface area contributed by atoms with Crippen LogP contribution in [0.4, 0.5) is 21.0 Å². The van der Waals surface area contributed by atoms with Crippen molar-refractivity contribution >= 4 is 23.5 Å². The summed E-state index contributed by atoms with van der Waals surface area (Å²) in [6, 6.07) is 7.87. The van der Waals surface area contributed by atoms with Crippen LogP contribution in [-0.4, -0.2) is 92.8 Å². The highest BCUT2D eigenvalue weighted by Gasteiger charge is 2.24. The van der Waals surface area contributed by atoms with E-state index < -0.39 is 0 Å². The number of piperazine rings is 2. The van der Waals surface area contributed by atoms with Gasteiger partial charge in [-0.2, -0.15) is 0 Å². The van der Waals surface area contributed by atoms with Gasteiger partial charge in [0.25, 0.3) is 0 Å². The molecule has 0 bridgehead atoms. The highest BCUT2D eigenvalue weighted by atomic mass is 16.6. The van der Waals surface area contributed by atoms with E-state index in [1.165, 1.54) is 5.69 Å². The Morgan fingerprint density at radius 2 is 1.52 bits per heavy atom. The topological polar surface area (TPSA) is 68.4 Å². The monoisotopic (exact) mass is 375 g/mol. The Morgan fingerprint density at radius 3 is 2.11 bits per heavy atom. The van der Waals surface area contributed by atoms with Crippen LogP contribution in [0.3, 0.4) is 0 Å². The minimum absolute atomic E-state index is 0.133. The molecule has 8 nitrogen and oxygen atoms in total. The quantitative estimate of drug-likeness (QED) is 0.872. The number of hydrogen-bond donors (Lipinski definition) is 1. The van der Waals surface area contributed by atoms with Crippen LogP contribution in [0.1, 0.15) is 6.92 Å². The van der Waals surface area contributed by atoms with Crippen molar-refractivity contribution in [1.82, 2.24) is 14.7 Å². The lowest BCUT2D eigenvalue weighted by molar-refractivity contribution is 0.0868. The lowest BCUT2D eigenvalue weighted by Gasteiger charge is -2.34. The van der Waals surface area contributed by atoms with Gasteiger partial charge in [-0.3, -0.25) is 0 Å². The zero-order chi connectivity index (χ0) is 19.2. The molecule has 0 aromatic heterocycles. The van der Waals surface area contributed by atoms with Crippen molar-refractivity contribution in [3.63, 3.8) is 0 Å². The fraction of sp³-hybridized carbons (Fsp3) is 0.579. The van der Waals surface area contributed by atoms with Crippen molar-refractivity contribution in [3.8, 4) is 0 Å². The third kappa shape index (κ3) is 5.03. The standard InChI is InChI=1S/C19H29N5O3/c1-3-27-19(26)24-14-12-23(13-15-24)18(25)20-16-4-6-17(7-5-16)22-10-8-21(2)9-11-22/h4-7H,3,8-15H2,1-2H3,(H,20,25). The number of hydrogen-bond acceptors (Lipinski definition) is 5. The number of urea groups is 1. The molecule has 1 N–H and O–H groups in total. The van der Waals surface area contributed by atoms with Gasteiger partial charge in [0.2, 0.25) is 0 Å². The van der Waals surface area contributed by atoms with Crippen molar-refractivity contribution in [3.05, 3.63) is 24.3 Å². The zero-order valence-corrected chi connectivity index (χ0v) is 16.2. The molecule has 27 heavy (non-hydrogen) atoms. The van der Waals surface area contributed by atoms with E-state index >= 15 is 0 Å². The van der Waals surface area contributed by atoms with E-state index in [4.69, 9.17) is 4.74 Å². The molecule has 3 rings (SSSR count). The smallest absolute Gasteiger partial charge is 0.409 e. The summed E-state index contributed by atoms with van der Waals surface area (Å²) < 4.78 is 5.00. The first-order valence-electron chi connectivity index (χ1n) is 9.58. The third-order valence-corrected chi connectivity index (χ3v) is 5.08. The Hall–Kier alpha value is -2.48. The molecule has 2 saturated heterocycles. The molecule has 0 radical (unpaired) electrons. The summed E-state index contributed by atoms with van der Waals surface area (Å²) in [5.74, 6) is 0. The fourth-order valence-corrected chi connectivity index (χ4v) is 3.33. The molecular formula is C19H29N5O3. The number of nitrogens with zero attached hydrogens (tertiary/aromatic N) is 4. The van der Waals surface area contributed by atoms with Crippen molar-refractivity contribution < 1.29 is 14.3 Å². The second-order valence-electron chi connectivity index (χ2n) is 6.94. The van der Waals surface area contributed by atoms with E-state index in [-0.39, 0.29) is 12.1 Å². The summed E-state index contributed by atoms with van der Waals surface area (Å²) in [6.45, 7) is 8.32. The van der Waals surface area contributed by atoms with Crippen molar-refractivity contribution in [2.45, 2.75) is 6.92 Å². The van der Waals surface area contributed by atoms with Crippen LogP contribution in [0.5, 0.6) is 0 Å². The molecule has 1 aromatic rings. The van der Waals surface area contributed by atoms with E-state index in [1.54, 1.807) is 16.7 Å². The lowest BCUT2D eigenvalue weighted by Crippen LogP contribution is -2.51. The van der Waals surface area contributed by atoms with Gasteiger partial charge >= 0.3 is 12.1 Å². The van der Waals surface area contributed by atoms with Crippen LogP contribution in [0.2, 0.25) is 0 Å². The average Bonchev–Trinajstić information content (AvgIpc) is 2.69. The summed E-state index contributed by atoms with van der Waals surface area (Å²) in [7, 11) is 2.14. The van der Waals surface area contributed by atoms with Crippen molar-refractivity contribution in [1.29, 1.82) is 0 Å². The van der Waals surface area contributed by atoms with Crippen molar-refractivity contribution in [2.75, 3.05) is 76.2 Å². The van der Waals surface area contributed by atoms with E-state index in [0.717, 1.165) is 31.9 Å². The third-order valence-electron chi connectivity index (χ3n) is 5.08. The molecule has 1 aromatic carbocycles. The Balaban J connectivity index is 1.48. The Labute approximate surface area is 160 Å². The number of carbonyl (C=O) groups is 2. The van der Waals surface area contributed by atoms with Crippen LogP contribution in [-0.2, 0) is 4.74 Å². The maximum absolute atomic E-state index is 12.5. The SMILES string of the molecule is CCOC(=O)N1CCN(C(=O)Nc2ccc(N3CCN(C)CC3)cc2)CC1. The molecule has 8 heteroatoms. The molecule has 3 amide bonds.